The third-order valence-corrected chi connectivity index (χ3v) is 5.50. The van der Waals surface area contributed by atoms with Gasteiger partial charge in [0.25, 0.3) is 5.91 Å². The van der Waals surface area contributed by atoms with Crippen molar-refractivity contribution in [3.63, 3.8) is 0 Å². The lowest BCUT2D eigenvalue weighted by Gasteiger charge is -2.12. The van der Waals surface area contributed by atoms with Gasteiger partial charge in [-0.05, 0) is 49.2 Å². The molecular weight excluding hydrogens is 352 g/mol. The lowest BCUT2D eigenvalue weighted by Crippen LogP contribution is -2.20. The Labute approximate surface area is 164 Å². The number of H-pyrrole nitrogens is 1. The normalized spacial score (nSPS) is 14.6. The molecule has 3 N–H and O–H groups in total. The average Bonchev–Trinajstić information content (AvgIpc) is 3.33. The Morgan fingerprint density at radius 2 is 1.96 bits per heavy atom. The Morgan fingerprint density at radius 3 is 2.75 bits per heavy atom. The predicted octanol–water partition coefficient (Wildman–Crippen LogP) is 3.81. The standard InChI is InChI=1S/C22H26N4O2/c1-2-23-14-16-7-3-6-10-18(16)24-21(27)15-11-12-20-19(13-15)25-22(28)26(20)17-8-4-5-9-17/h3,6-7,10-13,17,23H,2,4-5,8-9,14H2,1H3,(H,24,27)(H,25,28). The highest BCUT2D eigenvalue weighted by molar-refractivity contribution is 6.06. The Morgan fingerprint density at radius 1 is 1.18 bits per heavy atom. The highest BCUT2D eigenvalue weighted by Crippen LogP contribution is 2.30. The van der Waals surface area contributed by atoms with Crippen molar-refractivity contribution in [3.05, 3.63) is 64.1 Å². The molecule has 0 unspecified atom stereocenters. The smallest absolute Gasteiger partial charge is 0.322 e. The van der Waals surface area contributed by atoms with Crippen LogP contribution in [-0.4, -0.2) is 22.0 Å². The third kappa shape index (κ3) is 3.60. The third-order valence-electron chi connectivity index (χ3n) is 5.50. The van der Waals surface area contributed by atoms with Crippen molar-refractivity contribution in [3.8, 4) is 0 Å². The number of hydrogen-bond acceptors (Lipinski definition) is 3. The summed E-state index contributed by atoms with van der Waals surface area (Å²) in [6.07, 6.45) is 4.41. The number of nitrogens with zero attached hydrogens (tertiary/aromatic N) is 1. The van der Waals surface area contributed by atoms with Crippen LogP contribution in [0.5, 0.6) is 0 Å². The molecule has 1 fully saturated rings. The van der Waals surface area contributed by atoms with Crippen LogP contribution in [0.3, 0.4) is 0 Å². The van der Waals surface area contributed by atoms with Crippen LogP contribution in [0.15, 0.2) is 47.3 Å². The molecule has 1 heterocycles. The zero-order valence-electron chi connectivity index (χ0n) is 16.1. The number of amides is 1. The topological polar surface area (TPSA) is 78.9 Å². The van der Waals surface area contributed by atoms with Gasteiger partial charge in [-0.1, -0.05) is 38.0 Å². The second-order valence-electron chi connectivity index (χ2n) is 7.36. The van der Waals surface area contributed by atoms with Crippen LogP contribution in [0, 0.1) is 0 Å². The van der Waals surface area contributed by atoms with E-state index in [0.717, 1.165) is 49.0 Å². The molecule has 1 saturated carbocycles. The number of benzene rings is 2. The summed E-state index contributed by atoms with van der Waals surface area (Å²) in [5, 5.41) is 6.28. The second-order valence-corrected chi connectivity index (χ2v) is 7.36. The lowest BCUT2D eigenvalue weighted by atomic mass is 10.1. The fourth-order valence-electron chi connectivity index (χ4n) is 4.05. The molecule has 6 heteroatoms. The number of aromatic nitrogens is 2. The van der Waals surface area contributed by atoms with Crippen molar-refractivity contribution in [2.24, 2.45) is 0 Å². The molecule has 28 heavy (non-hydrogen) atoms. The van der Waals surface area contributed by atoms with Crippen LogP contribution < -0.4 is 16.3 Å². The summed E-state index contributed by atoms with van der Waals surface area (Å²) in [6, 6.07) is 13.5. The van der Waals surface area contributed by atoms with E-state index in [1.165, 1.54) is 0 Å². The van der Waals surface area contributed by atoms with Crippen molar-refractivity contribution >= 4 is 22.6 Å². The van der Waals surface area contributed by atoms with E-state index >= 15 is 0 Å². The molecule has 2 aromatic carbocycles. The molecule has 0 bridgehead atoms. The van der Waals surface area contributed by atoms with Gasteiger partial charge in [-0.15, -0.1) is 0 Å². The summed E-state index contributed by atoms with van der Waals surface area (Å²) in [4.78, 5) is 28.2. The van der Waals surface area contributed by atoms with Gasteiger partial charge in [0.15, 0.2) is 0 Å². The zero-order chi connectivity index (χ0) is 19.5. The van der Waals surface area contributed by atoms with Crippen molar-refractivity contribution in [2.75, 3.05) is 11.9 Å². The molecule has 0 saturated heterocycles. The van der Waals surface area contributed by atoms with Crippen molar-refractivity contribution in [1.82, 2.24) is 14.9 Å². The van der Waals surface area contributed by atoms with Gasteiger partial charge in [0.05, 0.1) is 11.0 Å². The quantitative estimate of drug-likeness (QED) is 0.610. The van der Waals surface area contributed by atoms with E-state index < -0.39 is 0 Å². The van der Waals surface area contributed by atoms with Crippen molar-refractivity contribution < 1.29 is 4.79 Å². The van der Waals surface area contributed by atoms with Gasteiger partial charge in [-0.2, -0.15) is 0 Å². The van der Waals surface area contributed by atoms with E-state index in [1.807, 2.05) is 34.9 Å². The second kappa shape index (κ2) is 8.02. The summed E-state index contributed by atoms with van der Waals surface area (Å²) in [5.74, 6) is -0.180. The van der Waals surface area contributed by atoms with Gasteiger partial charge in [-0.25, -0.2) is 4.79 Å². The summed E-state index contributed by atoms with van der Waals surface area (Å²) in [5.41, 5.74) is 3.87. The Kier molecular flexibility index (Phi) is 5.30. The Bertz CT molecular complexity index is 1040. The summed E-state index contributed by atoms with van der Waals surface area (Å²) < 4.78 is 1.86. The maximum Gasteiger partial charge on any atom is 0.326 e. The summed E-state index contributed by atoms with van der Waals surface area (Å²) in [6.45, 7) is 3.61. The minimum atomic E-state index is -0.180. The van der Waals surface area contributed by atoms with Gasteiger partial charge in [0.1, 0.15) is 0 Å². The van der Waals surface area contributed by atoms with E-state index in [4.69, 9.17) is 0 Å². The lowest BCUT2D eigenvalue weighted by molar-refractivity contribution is 0.102. The van der Waals surface area contributed by atoms with Gasteiger partial charge in [-0.3, -0.25) is 9.36 Å². The van der Waals surface area contributed by atoms with E-state index in [-0.39, 0.29) is 17.6 Å². The molecule has 1 aromatic heterocycles. The fourth-order valence-corrected chi connectivity index (χ4v) is 4.05. The Hall–Kier alpha value is -2.86. The first-order valence-corrected chi connectivity index (χ1v) is 10.0. The number of hydrogen-bond donors (Lipinski definition) is 3. The van der Waals surface area contributed by atoms with E-state index in [1.54, 1.807) is 12.1 Å². The summed E-state index contributed by atoms with van der Waals surface area (Å²) >= 11 is 0. The first kappa shape index (κ1) is 18.5. The molecule has 3 aromatic rings. The summed E-state index contributed by atoms with van der Waals surface area (Å²) in [7, 11) is 0. The van der Waals surface area contributed by atoms with Crippen molar-refractivity contribution in [1.29, 1.82) is 0 Å². The number of fused-ring (bicyclic) bond motifs is 1. The fraction of sp³-hybridized carbons (Fsp3) is 0.364. The number of anilines is 1. The zero-order valence-corrected chi connectivity index (χ0v) is 16.1. The SMILES string of the molecule is CCNCc1ccccc1NC(=O)c1ccc2c(c1)[nH]c(=O)n2C1CCCC1. The maximum absolute atomic E-state index is 12.8. The first-order valence-electron chi connectivity index (χ1n) is 10.0. The molecule has 0 spiro atoms. The highest BCUT2D eigenvalue weighted by atomic mass is 16.2. The largest absolute Gasteiger partial charge is 0.326 e. The van der Waals surface area contributed by atoms with Crippen LogP contribution in [0.1, 0.15) is 54.6 Å². The average molecular weight is 378 g/mol. The molecule has 0 radical (unpaired) electrons. The number of imidazole rings is 1. The number of nitrogens with one attached hydrogen (secondary N) is 3. The number of carbonyl (C=O) groups excluding carboxylic acids is 1. The molecule has 4 rings (SSSR count). The van der Waals surface area contributed by atoms with Crippen molar-refractivity contribution in [2.45, 2.75) is 45.2 Å². The molecular formula is C22H26N4O2. The minimum Gasteiger partial charge on any atom is -0.322 e. The minimum absolute atomic E-state index is 0.0876. The van der Waals surface area contributed by atoms with Crippen LogP contribution in [0.25, 0.3) is 11.0 Å². The highest BCUT2D eigenvalue weighted by Gasteiger charge is 2.21. The van der Waals surface area contributed by atoms with Gasteiger partial charge >= 0.3 is 5.69 Å². The molecule has 1 amide bonds. The molecule has 0 aliphatic heterocycles. The monoisotopic (exact) mass is 378 g/mol. The number of carbonyl (C=O) groups is 1. The Balaban J connectivity index is 1.60. The van der Waals surface area contributed by atoms with Crippen LogP contribution in [0.4, 0.5) is 5.69 Å². The molecule has 0 atom stereocenters. The van der Waals surface area contributed by atoms with Crippen LogP contribution >= 0.6 is 0 Å². The molecule has 1 aliphatic rings. The number of rotatable bonds is 6. The van der Waals surface area contributed by atoms with Gasteiger partial charge in [0, 0.05) is 23.8 Å². The van der Waals surface area contributed by atoms with Crippen LogP contribution in [0.2, 0.25) is 0 Å². The molecule has 1 aliphatic carbocycles. The predicted molar refractivity (Wildman–Crippen MR) is 112 cm³/mol. The van der Waals surface area contributed by atoms with Crippen LogP contribution in [-0.2, 0) is 6.54 Å². The molecule has 6 nitrogen and oxygen atoms in total. The molecule has 146 valence electrons. The van der Waals surface area contributed by atoms with Gasteiger partial charge < -0.3 is 15.6 Å². The van der Waals surface area contributed by atoms with E-state index in [9.17, 15) is 9.59 Å². The van der Waals surface area contributed by atoms with E-state index in [0.29, 0.717) is 17.6 Å². The maximum atomic E-state index is 12.8. The number of para-hydroxylation sites is 1. The van der Waals surface area contributed by atoms with Gasteiger partial charge in [0.2, 0.25) is 0 Å². The van der Waals surface area contributed by atoms with E-state index in [2.05, 4.69) is 22.5 Å². The first-order chi connectivity index (χ1) is 13.7. The number of aromatic amines is 1.